The first-order valence-corrected chi connectivity index (χ1v) is 4.65. The highest BCUT2D eigenvalue weighted by Gasteiger charge is 2.15. The highest BCUT2D eigenvalue weighted by atomic mass is 35.5. The lowest BCUT2D eigenvalue weighted by atomic mass is 9.97. The fourth-order valence-corrected chi connectivity index (χ4v) is 1.93. The molecule has 1 aromatic carbocycles. The standard InChI is InChI=1S/C10H12ClN/c1-7-5-8-3-2-4-10(11)9(8)6-12-7/h2-4,7,12H,5-6H2,1H3/t7-/m1/s1. The van der Waals surface area contributed by atoms with Gasteiger partial charge in [0.1, 0.15) is 0 Å². The van der Waals surface area contributed by atoms with Gasteiger partial charge < -0.3 is 5.32 Å². The number of fused-ring (bicyclic) bond motifs is 1. The first-order valence-electron chi connectivity index (χ1n) is 4.27. The van der Waals surface area contributed by atoms with Crippen LogP contribution in [0.3, 0.4) is 0 Å². The van der Waals surface area contributed by atoms with Crippen LogP contribution < -0.4 is 5.32 Å². The Bertz CT molecular complexity index is 296. The molecule has 2 heteroatoms. The molecular weight excluding hydrogens is 170 g/mol. The molecular formula is C10H12ClN. The van der Waals surface area contributed by atoms with E-state index in [0.29, 0.717) is 6.04 Å². The lowest BCUT2D eigenvalue weighted by molar-refractivity contribution is 0.514. The summed E-state index contributed by atoms with van der Waals surface area (Å²) in [6, 6.07) is 6.73. The average Bonchev–Trinajstić information content (AvgIpc) is 2.04. The molecule has 1 nitrogen and oxygen atoms in total. The Hall–Kier alpha value is -0.530. The summed E-state index contributed by atoms with van der Waals surface area (Å²) in [5.41, 5.74) is 2.67. The summed E-state index contributed by atoms with van der Waals surface area (Å²) in [6.07, 6.45) is 1.09. The van der Waals surface area contributed by atoms with Gasteiger partial charge in [0.05, 0.1) is 0 Å². The molecule has 0 aliphatic carbocycles. The summed E-state index contributed by atoms with van der Waals surface area (Å²) < 4.78 is 0. The molecule has 64 valence electrons. The van der Waals surface area contributed by atoms with Crippen LogP contribution in [-0.4, -0.2) is 6.04 Å². The molecule has 1 atom stereocenters. The Labute approximate surface area is 77.7 Å². The van der Waals surface area contributed by atoms with Gasteiger partial charge >= 0.3 is 0 Å². The Kier molecular flexibility index (Phi) is 2.07. The van der Waals surface area contributed by atoms with Crippen LogP contribution in [0.1, 0.15) is 18.1 Å². The number of hydrogen-bond donors (Lipinski definition) is 1. The van der Waals surface area contributed by atoms with Crippen molar-refractivity contribution >= 4 is 11.6 Å². The van der Waals surface area contributed by atoms with Crippen LogP contribution in [0, 0.1) is 0 Å². The third kappa shape index (κ3) is 1.35. The molecule has 1 aliphatic rings. The van der Waals surface area contributed by atoms with Gasteiger partial charge in [-0.2, -0.15) is 0 Å². The van der Waals surface area contributed by atoms with Gasteiger partial charge in [-0.15, -0.1) is 0 Å². The molecule has 0 fully saturated rings. The van der Waals surface area contributed by atoms with Crippen molar-refractivity contribution in [2.45, 2.75) is 25.9 Å². The SMILES string of the molecule is C[C@@H]1Cc2cccc(Cl)c2CN1. The van der Waals surface area contributed by atoms with Crippen molar-refractivity contribution in [2.75, 3.05) is 0 Å². The zero-order chi connectivity index (χ0) is 8.55. The van der Waals surface area contributed by atoms with Crippen LogP contribution in [0.2, 0.25) is 5.02 Å². The van der Waals surface area contributed by atoms with Crippen LogP contribution in [0.5, 0.6) is 0 Å². The summed E-state index contributed by atoms with van der Waals surface area (Å²) in [5.74, 6) is 0. The van der Waals surface area contributed by atoms with Gasteiger partial charge in [-0.1, -0.05) is 23.7 Å². The Balaban J connectivity index is 2.42. The number of halogens is 1. The molecule has 2 rings (SSSR count). The van der Waals surface area contributed by atoms with E-state index in [1.807, 2.05) is 12.1 Å². The highest BCUT2D eigenvalue weighted by Crippen LogP contribution is 2.23. The van der Waals surface area contributed by atoms with E-state index in [9.17, 15) is 0 Å². The van der Waals surface area contributed by atoms with E-state index in [1.165, 1.54) is 11.1 Å². The molecule has 1 aromatic rings. The topological polar surface area (TPSA) is 12.0 Å². The summed E-state index contributed by atoms with van der Waals surface area (Å²) in [7, 11) is 0. The minimum atomic E-state index is 0.580. The van der Waals surface area contributed by atoms with Crippen molar-refractivity contribution in [3.8, 4) is 0 Å². The second-order valence-electron chi connectivity index (χ2n) is 3.36. The molecule has 12 heavy (non-hydrogen) atoms. The van der Waals surface area contributed by atoms with E-state index in [2.05, 4.69) is 18.3 Å². The maximum absolute atomic E-state index is 6.05. The predicted octanol–water partition coefficient (Wildman–Crippen LogP) is 2.37. The minimum absolute atomic E-state index is 0.580. The normalized spacial score (nSPS) is 22.0. The van der Waals surface area contributed by atoms with Crippen molar-refractivity contribution in [3.05, 3.63) is 34.3 Å². The first-order chi connectivity index (χ1) is 5.77. The fourth-order valence-electron chi connectivity index (χ4n) is 1.67. The number of nitrogens with one attached hydrogen (secondary N) is 1. The Morgan fingerprint density at radius 2 is 2.33 bits per heavy atom. The summed E-state index contributed by atoms with van der Waals surface area (Å²) in [6.45, 7) is 3.11. The van der Waals surface area contributed by atoms with E-state index in [4.69, 9.17) is 11.6 Å². The second-order valence-corrected chi connectivity index (χ2v) is 3.77. The van der Waals surface area contributed by atoms with Gasteiger partial charge in [-0.05, 0) is 30.5 Å². The lowest BCUT2D eigenvalue weighted by Gasteiger charge is -2.23. The molecule has 1 aliphatic heterocycles. The van der Waals surface area contributed by atoms with Gasteiger partial charge in [0.2, 0.25) is 0 Å². The van der Waals surface area contributed by atoms with Gasteiger partial charge in [0, 0.05) is 17.6 Å². The lowest BCUT2D eigenvalue weighted by Crippen LogP contribution is -2.32. The summed E-state index contributed by atoms with van der Waals surface area (Å²) >= 11 is 6.05. The van der Waals surface area contributed by atoms with Crippen LogP contribution >= 0.6 is 11.6 Å². The molecule has 1 heterocycles. The van der Waals surface area contributed by atoms with Crippen molar-refractivity contribution in [3.63, 3.8) is 0 Å². The molecule has 0 radical (unpaired) electrons. The van der Waals surface area contributed by atoms with E-state index in [1.54, 1.807) is 0 Å². The van der Waals surface area contributed by atoms with E-state index < -0.39 is 0 Å². The summed E-state index contributed by atoms with van der Waals surface area (Å²) in [4.78, 5) is 0. The van der Waals surface area contributed by atoms with Gasteiger partial charge in [0.15, 0.2) is 0 Å². The molecule has 0 spiro atoms. The second kappa shape index (κ2) is 3.08. The Morgan fingerprint density at radius 1 is 1.50 bits per heavy atom. The smallest absolute Gasteiger partial charge is 0.0453 e. The molecule has 0 saturated heterocycles. The van der Waals surface area contributed by atoms with Crippen LogP contribution in [-0.2, 0) is 13.0 Å². The molecule has 0 aromatic heterocycles. The quantitative estimate of drug-likeness (QED) is 0.648. The maximum atomic E-state index is 6.05. The maximum Gasteiger partial charge on any atom is 0.0453 e. The number of benzene rings is 1. The third-order valence-corrected chi connectivity index (χ3v) is 2.72. The van der Waals surface area contributed by atoms with Crippen molar-refractivity contribution in [1.82, 2.24) is 5.32 Å². The van der Waals surface area contributed by atoms with Crippen LogP contribution in [0.25, 0.3) is 0 Å². The molecule has 1 N–H and O–H groups in total. The van der Waals surface area contributed by atoms with Gasteiger partial charge in [-0.3, -0.25) is 0 Å². The largest absolute Gasteiger partial charge is 0.310 e. The summed E-state index contributed by atoms with van der Waals surface area (Å²) in [5, 5.41) is 4.29. The fraction of sp³-hybridized carbons (Fsp3) is 0.400. The first kappa shape index (κ1) is 8.09. The minimum Gasteiger partial charge on any atom is -0.310 e. The number of rotatable bonds is 0. The molecule has 0 saturated carbocycles. The zero-order valence-electron chi connectivity index (χ0n) is 7.10. The zero-order valence-corrected chi connectivity index (χ0v) is 7.86. The van der Waals surface area contributed by atoms with E-state index in [-0.39, 0.29) is 0 Å². The molecule has 0 unspecified atom stereocenters. The van der Waals surface area contributed by atoms with Gasteiger partial charge in [-0.25, -0.2) is 0 Å². The monoisotopic (exact) mass is 181 g/mol. The Morgan fingerprint density at radius 3 is 3.17 bits per heavy atom. The third-order valence-electron chi connectivity index (χ3n) is 2.37. The predicted molar refractivity (Wildman–Crippen MR) is 51.5 cm³/mol. The average molecular weight is 182 g/mol. The van der Waals surface area contributed by atoms with Crippen LogP contribution in [0.4, 0.5) is 0 Å². The molecule has 0 bridgehead atoms. The number of hydrogen-bond acceptors (Lipinski definition) is 1. The van der Waals surface area contributed by atoms with Crippen LogP contribution in [0.15, 0.2) is 18.2 Å². The highest BCUT2D eigenvalue weighted by molar-refractivity contribution is 6.31. The van der Waals surface area contributed by atoms with Crippen molar-refractivity contribution in [1.29, 1.82) is 0 Å². The van der Waals surface area contributed by atoms with Crippen molar-refractivity contribution in [2.24, 2.45) is 0 Å². The van der Waals surface area contributed by atoms with E-state index in [0.717, 1.165) is 18.0 Å². The van der Waals surface area contributed by atoms with E-state index >= 15 is 0 Å². The van der Waals surface area contributed by atoms with Crippen molar-refractivity contribution < 1.29 is 0 Å². The molecule has 0 amide bonds. The van der Waals surface area contributed by atoms with Gasteiger partial charge in [0.25, 0.3) is 0 Å².